The molecular weight excluding hydrogens is 413 g/mol. The van der Waals surface area contributed by atoms with Crippen molar-refractivity contribution in [3.05, 3.63) is 57.9 Å². The van der Waals surface area contributed by atoms with E-state index in [9.17, 15) is 22.8 Å². The highest BCUT2D eigenvalue weighted by molar-refractivity contribution is 7.11. The molecule has 4 nitrogen and oxygen atoms in total. The van der Waals surface area contributed by atoms with E-state index in [1.807, 2.05) is 16.3 Å². The van der Waals surface area contributed by atoms with Crippen LogP contribution in [0.3, 0.4) is 0 Å². The number of hydrogen-bond acceptors (Lipinski definition) is 4. The van der Waals surface area contributed by atoms with Gasteiger partial charge in [0.1, 0.15) is 5.70 Å². The van der Waals surface area contributed by atoms with E-state index >= 15 is 0 Å². The van der Waals surface area contributed by atoms with Crippen molar-refractivity contribution in [1.82, 2.24) is 4.90 Å². The van der Waals surface area contributed by atoms with Crippen molar-refractivity contribution >= 4 is 34.4 Å². The maximum atomic E-state index is 13.4. The third kappa shape index (κ3) is 3.64. The molecule has 1 aromatic heterocycles. The maximum Gasteiger partial charge on any atom is 0.416 e. The van der Waals surface area contributed by atoms with Gasteiger partial charge in [-0.1, -0.05) is 19.9 Å². The molecule has 0 spiro atoms. The number of alkyl halides is 3. The largest absolute Gasteiger partial charge is 0.416 e. The Bertz CT molecular complexity index is 986. The van der Waals surface area contributed by atoms with Crippen LogP contribution in [0.1, 0.15) is 30.7 Å². The molecule has 1 aromatic carbocycles. The molecule has 2 amide bonds. The molecule has 0 aliphatic carbocycles. The highest BCUT2D eigenvalue weighted by Crippen LogP contribution is 2.39. The van der Waals surface area contributed by atoms with Gasteiger partial charge in [0, 0.05) is 18.0 Å². The maximum absolute atomic E-state index is 13.4. The molecule has 0 saturated carbocycles. The van der Waals surface area contributed by atoms with E-state index in [-0.39, 0.29) is 5.69 Å². The number of hydrogen-bond donors (Lipinski definition) is 0. The number of halogens is 3. The first kappa shape index (κ1) is 20.7. The Morgan fingerprint density at radius 2 is 1.60 bits per heavy atom. The molecule has 2 aliphatic rings. The van der Waals surface area contributed by atoms with Gasteiger partial charge in [0.2, 0.25) is 0 Å². The highest BCUT2D eigenvalue weighted by atomic mass is 32.1. The summed E-state index contributed by atoms with van der Waals surface area (Å²) < 4.78 is 38.7. The predicted molar refractivity (Wildman–Crippen MR) is 110 cm³/mol. The summed E-state index contributed by atoms with van der Waals surface area (Å²) in [4.78, 5) is 30.4. The normalized spacial score (nSPS) is 23.0. The third-order valence-corrected chi connectivity index (χ3v) is 6.35. The number of thiophene rings is 1. The summed E-state index contributed by atoms with van der Waals surface area (Å²) in [5.41, 5.74) is -0.00667. The number of amides is 2. The first-order chi connectivity index (χ1) is 14.2. The molecule has 8 heteroatoms. The molecule has 2 unspecified atom stereocenters. The number of piperidine rings is 1. The number of anilines is 1. The average molecular weight is 434 g/mol. The first-order valence-corrected chi connectivity index (χ1v) is 10.6. The monoisotopic (exact) mass is 434 g/mol. The van der Waals surface area contributed by atoms with Crippen LogP contribution in [0.15, 0.2) is 47.5 Å². The molecule has 0 N–H and O–H groups in total. The highest BCUT2D eigenvalue weighted by Gasteiger charge is 2.44. The predicted octanol–water partition coefficient (Wildman–Crippen LogP) is 5.03. The van der Waals surface area contributed by atoms with Crippen LogP contribution in [-0.4, -0.2) is 29.8 Å². The second-order valence-corrected chi connectivity index (χ2v) is 8.99. The lowest BCUT2D eigenvalue weighted by molar-refractivity contribution is -0.137. The lowest BCUT2D eigenvalue weighted by Crippen LogP contribution is -2.42. The van der Waals surface area contributed by atoms with Crippen LogP contribution in [0.2, 0.25) is 0 Å². The summed E-state index contributed by atoms with van der Waals surface area (Å²) in [7, 11) is 0. The fourth-order valence-corrected chi connectivity index (χ4v) is 5.10. The van der Waals surface area contributed by atoms with E-state index in [0.717, 1.165) is 23.5 Å². The fourth-order valence-electron chi connectivity index (χ4n) is 4.33. The summed E-state index contributed by atoms with van der Waals surface area (Å²) >= 11 is 1.37. The Kier molecular flexibility index (Phi) is 5.22. The molecule has 1 fully saturated rings. The Labute approximate surface area is 176 Å². The number of benzene rings is 1. The Morgan fingerprint density at radius 1 is 0.967 bits per heavy atom. The molecule has 158 valence electrons. The molecule has 2 aliphatic heterocycles. The van der Waals surface area contributed by atoms with Gasteiger partial charge in [0.15, 0.2) is 0 Å². The first-order valence-electron chi connectivity index (χ1n) is 9.76. The number of carbonyl (C=O) groups is 2. The van der Waals surface area contributed by atoms with Crippen LogP contribution in [-0.2, 0) is 15.8 Å². The Morgan fingerprint density at radius 3 is 2.13 bits per heavy atom. The summed E-state index contributed by atoms with van der Waals surface area (Å²) in [6.07, 6.45) is -3.44. The lowest BCUT2D eigenvalue weighted by Gasteiger charge is -2.37. The molecule has 1 saturated heterocycles. The molecule has 30 heavy (non-hydrogen) atoms. The van der Waals surface area contributed by atoms with Crippen LogP contribution in [0.5, 0.6) is 0 Å². The van der Waals surface area contributed by atoms with E-state index in [4.69, 9.17) is 0 Å². The van der Waals surface area contributed by atoms with Gasteiger partial charge in [-0.2, -0.15) is 13.2 Å². The van der Waals surface area contributed by atoms with E-state index in [2.05, 4.69) is 13.8 Å². The summed E-state index contributed by atoms with van der Waals surface area (Å²) in [6, 6.07) is 7.74. The van der Waals surface area contributed by atoms with Crippen molar-refractivity contribution in [3.8, 4) is 0 Å². The fraction of sp³-hybridized carbons (Fsp3) is 0.364. The number of likely N-dealkylation sites (tertiary alicyclic amines) is 1. The van der Waals surface area contributed by atoms with Crippen LogP contribution in [0.25, 0.3) is 5.57 Å². The van der Waals surface area contributed by atoms with Crippen molar-refractivity contribution in [2.45, 2.75) is 26.4 Å². The van der Waals surface area contributed by atoms with Crippen molar-refractivity contribution < 1.29 is 22.8 Å². The second-order valence-electron chi connectivity index (χ2n) is 8.04. The van der Waals surface area contributed by atoms with Crippen LogP contribution in [0.4, 0.5) is 18.9 Å². The van der Waals surface area contributed by atoms with E-state index in [1.165, 1.54) is 23.5 Å². The van der Waals surface area contributed by atoms with E-state index in [1.54, 1.807) is 6.07 Å². The molecule has 4 rings (SSSR count). The van der Waals surface area contributed by atoms with Gasteiger partial charge in [-0.05, 0) is 54.0 Å². The molecule has 0 bridgehead atoms. The lowest BCUT2D eigenvalue weighted by atomic mass is 9.91. The Balaban J connectivity index is 1.75. The summed E-state index contributed by atoms with van der Waals surface area (Å²) in [5.74, 6) is -0.240. The van der Waals surface area contributed by atoms with Gasteiger partial charge in [-0.25, -0.2) is 4.90 Å². The minimum absolute atomic E-state index is 0.139. The topological polar surface area (TPSA) is 40.6 Å². The Hall–Kier alpha value is -2.61. The smallest absolute Gasteiger partial charge is 0.366 e. The van der Waals surface area contributed by atoms with E-state index in [0.29, 0.717) is 41.1 Å². The number of carbonyl (C=O) groups excluding carboxylic acids is 2. The molecule has 0 radical (unpaired) electrons. The quantitative estimate of drug-likeness (QED) is 0.637. The number of rotatable bonds is 3. The standard InChI is InChI=1S/C22H21F3N2O2S/c1-13-10-14(2)12-26(11-13)19-18(17-4-3-9-30-17)20(28)27(21(19)29)16-7-5-15(6-8-16)22(23,24)25/h3-9,13-14H,10-12H2,1-2H3. The van der Waals surface area contributed by atoms with E-state index < -0.39 is 23.6 Å². The van der Waals surface area contributed by atoms with Gasteiger partial charge in [-0.3, -0.25) is 9.59 Å². The molecular formula is C22H21F3N2O2S. The van der Waals surface area contributed by atoms with Crippen molar-refractivity contribution in [1.29, 1.82) is 0 Å². The van der Waals surface area contributed by atoms with Gasteiger partial charge in [0.25, 0.3) is 11.8 Å². The van der Waals surface area contributed by atoms with Gasteiger partial charge >= 0.3 is 6.18 Å². The van der Waals surface area contributed by atoms with Crippen molar-refractivity contribution in [2.75, 3.05) is 18.0 Å². The van der Waals surface area contributed by atoms with Gasteiger partial charge < -0.3 is 4.90 Å². The molecule has 3 heterocycles. The summed E-state index contributed by atoms with van der Waals surface area (Å²) in [5, 5.41) is 1.83. The van der Waals surface area contributed by atoms with Gasteiger partial charge in [-0.15, -0.1) is 11.3 Å². The molecule has 2 atom stereocenters. The average Bonchev–Trinajstić information content (AvgIpc) is 3.26. The second kappa shape index (κ2) is 7.58. The number of nitrogens with zero attached hydrogens (tertiary/aromatic N) is 2. The third-order valence-electron chi connectivity index (χ3n) is 5.46. The zero-order chi connectivity index (χ0) is 21.6. The zero-order valence-electron chi connectivity index (χ0n) is 16.6. The van der Waals surface area contributed by atoms with Crippen LogP contribution in [0, 0.1) is 11.8 Å². The van der Waals surface area contributed by atoms with Crippen LogP contribution < -0.4 is 4.90 Å². The van der Waals surface area contributed by atoms with Gasteiger partial charge in [0.05, 0.1) is 16.8 Å². The SMILES string of the molecule is CC1CC(C)CN(C2=C(c3cccs3)C(=O)N(c3ccc(C(F)(F)F)cc3)C2=O)C1. The minimum Gasteiger partial charge on any atom is -0.366 e. The zero-order valence-corrected chi connectivity index (χ0v) is 17.4. The van der Waals surface area contributed by atoms with Crippen molar-refractivity contribution in [3.63, 3.8) is 0 Å². The minimum atomic E-state index is -4.48. The molecule has 2 aromatic rings. The van der Waals surface area contributed by atoms with Crippen molar-refractivity contribution in [2.24, 2.45) is 11.8 Å². The summed E-state index contributed by atoms with van der Waals surface area (Å²) in [6.45, 7) is 5.55. The van der Waals surface area contributed by atoms with Crippen LogP contribution >= 0.6 is 11.3 Å². The number of imide groups is 1.